The molecule has 0 bridgehead atoms. The Kier molecular flexibility index (Phi) is 6.30. The van der Waals surface area contributed by atoms with Crippen LogP contribution in [0.4, 0.5) is 0 Å². The van der Waals surface area contributed by atoms with Gasteiger partial charge in [-0.15, -0.1) is 0 Å². The molecule has 0 radical (unpaired) electrons. The molecule has 0 nitrogen and oxygen atoms in total. The zero-order valence-electron chi connectivity index (χ0n) is 14.4. The maximum atomic E-state index is 2.37. The molecule has 3 aromatic carbocycles. The molecule has 128 valence electrons. The topological polar surface area (TPSA) is 0 Å². The van der Waals surface area contributed by atoms with E-state index in [0.717, 1.165) is 5.66 Å². The lowest BCUT2D eigenvalue weighted by Crippen LogP contribution is -3.00. The van der Waals surface area contributed by atoms with Gasteiger partial charge in [0.25, 0.3) is 0 Å². The third kappa shape index (κ3) is 3.41. The molecule has 0 unspecified atom stereocenters. The number of benzene rings is 3. The molecular weight excluding hydrogens is 434 g/mol. The summed E-state index contributed by atoms with van der Waals surface area (Å²) in [5.41, 5.74) is 0.768. The lowest BCUT2D eigenvalue weighted by molar-refractivity contribution is -0.00000464. The summed E-state index contributed by atoms with van der Waals surface area (Å²) in [4.78, 5) is 0. The van der Waals surface area contributed by atoms with Gasteiger partial charge in [0.15, 0.2) is 0 Å². The number of halogens is 1. The van der Waals surface area contributed by atoms with E-state index in [1.54, 1.807) is 0 Å². The molecule has 0 amide bonds. The van der Waals surface area contributed by atoms with E-state index in [9.17, 15) is 0 Å². The van der Waals surface area contributed by atoms with Crippen molar-refractivity contribution in [1.29, 1.82) is 0 Å². The lowest BCUT2D eigenvalue weighted by Gasteiger charge is -2.32. The monoisotopic (exact) mass is 458 g/mol. The largest absolute Gasteiger partial charge is 1.00 e. The van der Waals surface area contributed by atoms with Gasteiger partial charge in [-0.2, -0.15) is 0 Å². The van der Waals surface area contributed by atoms with Crippen LogP contribution in [0.15, 0.2) is 91.0 Å². The van der Waals surface area contributed by atoms with Crippen LogP contribution < -0.4 is 39.9 Å². The third-order valence-electron chi connectivity index (χ3n) is 5.36. The Morgan fingerprint density at radius 1 is 0.520 bits per heavy atom. The van der Waals surface area contributed by atoms with Crippen LogP contribution in [0.3, 0.4) is 0 Å². The number of hydrogen-bond donors (Lipinski definition) is 0. The zero-order valence-corrected chi connectivity index (χ0v) is 17.4. The first-order valence-corrected chi connectivity index (χ1v) is 10.8. The molecule has 1 aliphatic rings. The Balaban J connectivity index is 0.00000182. The first kappa shape index (κ1) is 18.6. The molecular formula is C23H24IP. The first-order valence-electron chi connectivity index (χ1n) is 8.98. The minimum absolute atomic E-state index is 0. The summed E-state index contributed by atoms with van der Waals surface area (Å²) in [6.07, 6.45) is 5.46. The molecule has 1 fully saturated rings. The number of rotatable bonds is 4. The van der Waals surface area contributed by atoms with E-state index in [1.165, 1.54) is 41.6 Å². The first-order chi connectivity index (χ1) is 11.9. The van der Waals surface area contributed by atoms with Gasteiger partial charge in [0.2, 0.25) is 0 Å². The minimum atomic E-state index is -1.60. The van der Waals surface area contributed by atoms with Crippen molar-refractivity contribution in [2.45, 2.75) is 31.3 Å². The Labute approximate surface area is 169 Å². The van der Waals surface area contributed by atoms with Crippen LogP contribution >= 0.6 is 7.26 Å². The molecule has 0 aliphatic heterocycles. The van der Waals surface area contributed by atoms with Gasteiger partial charge in [-0.25, -0.2) is 0 Å². The van der Waals surface area contributed by atoms with E-state index >= 15 is 0 Å². The fourth-order valence-corrected chi connectivity index (χ4v) is 9.59. The highest BCUT2D eigenvalue weighted by molar-refractivity contribution is 7.96. The molecule has 0 atom stereocenters. The Morgan fingerprint density at radius 2 is 0.840 bits per heavy atom. The average molecular weight is 458 g/mol. The molecule has 0 saturated heterocycles. The fraction of sp³-hybridized carbons (Fsp3) is 0.217. The van der Waals surface area contributed by atoms with Crippen molar-refractivity contribution in [1.82, 2.24) is 0 Å². The van der Waals surface area contributed by atoms with E-state index in [0.29, 0.717) is 0 Å². The molecule has 0 heterocycles. The van der Waals surface area contributed by atoms with Gasteiger partial charge in [-0.3, -0.25) is 0 Å². The second kappa shape index (κ2) is 8.47. The number of hydrogen-bond acceptors (Lipinski definition) is 0. The summed E-state index contributed by atoms with van der Waals surface area (Å²) in [6.45, 7) is 0. The van der Waals surface area contributed by atoms with Crippen molar-refractivity contribution < 1.29 is 24.0 Å². The summed E-state index contributed by atoms with van der Waals surface area (Å²) >= 11 is 0. The molecule has 0 spiro atoms. The van der Waals surface area contributed by atoms with Crippen LogP contribution in [0.1, 0.15) is 25.7 Å². The summed E-state index contributed by atoms with van der Waals surface area (Å²) in [5, 5.41) is 4.61. The maximum absolute atomic E-state index is 2.37. The maximum Gasteiger partial charge on any atom is 0.115 e. The van der Waals surface area contributed by atoms with Gasteiger partial charge >= 0.3 is 0 Å². The van der Waals surface area contributed by atoms with E-state index in [4.69, 9.17) is 0 Å². The standard InChI is InChI=1S/C23H24P.HI/c1-4-12-20(13-5-1)24(23-18-10-11-19-23,21-14-6-2-7-15-21)22-16-8-3-9-17-22;/h1-9,12-17,23H,10-11,18-19H2;1H/q+1;/p-1. The highest BCUT2D eigenvalue weighted by atomic mass is 127. The Hall–Kier alpha value is -1.18. The Bertz CT molecular complexity index is 668. The molecule has 4 rings (SSSR count). The van der Waals surface area contributed by atoms with E-state index in [2.05, 4.69) is 91.0 Å². The van der Waals surface area contributed by atoms with Crippen LogP contribution in [-0.4, -0.2) is 5.66 Å². The molecule has 2 heteroatoms. The summed E-state index contributed by atoms with van der Waals surface area (Å²) in [6, 6.07) is 33.9. The second-order valence-electron chi connectivity index (χ2n) is 6.67. The van der Waals surface area contributed by atoms with Crippen LogP contribution in [0, 0.1) is 0 Å². The van der Waals surface area contributed by atoms with Crippen molar-refractivity contribution in [3.05, 3.63) is 91.0 Å². The van der Waals surface area contributed by atoms with E-state index < -0.39 is 7.26 Å². The zero-order chi connectivity index (χ0) is 16.2. The smallest absolute Gasteiger partial charge is 0.115 e. The summed E-state index contributed by atoms with van der Waals surface area (Å²) < 4.78 is 0. The van der Waals surface area contributed by atoms with Gasteiger partial charge in [0.05, 0.1) is 5.66 Å². The van der Waals surface area contributed by atoms with Crippen LogP contribution in [0.2, 0.25) is 0 Å². The van der Waals surface area contributed by atoms with Crippen LogP contribution in [0.5, 0.6) is 0 Å². The van der Waals surface area contributed by atoms with Crippen molar-refractivity contribution in [2.75, 3.05) is 0 Å². The second-order valence-corrected chi connectivity index (χ2v) is 10.4. The average Bonchev–Trinajstić information content (AvgIpc) is 3.20. The fourth-order valence-electron chi connectivity index (χ4n) is 4.36. The van der Waals surface area contributed by atoms with Gasteiger partial charge < -0.3 is 24.0 Å². The van der Waals surface area contributed by atoms with Crippen molar-refractivity contribution >= 4 is 23.2 Å². The van der Waals surface area contributed by atoms with E-state index in [-0.39, 0.29) is 24.0 Å². The molecule has 0 N–H and O–H groups in total. The van der Waals surface area contributed by atoms with Crippen molar-refractivity contribution in [2.24, 2.45) is 0 Å². The van der Waals surface area contributed by atoms with Crippen LogP contribution in [0.25, 0.3) is 0 Å². The van der Waals surface area contributed by atoms with Crippen LogP contribution in [-0.2, 0) is 0 Å². The highest BCUT2D eigenvalue weighted by Crippen LogP contribution is 2.63. The SMILES string of the molecule is [I-].c1ccc([P+](c2ccccc2)(c2ccccc2)C2CCCC2)cc1. The van der Waals surface area contributed by atoms with Gasteiger partial charge in [0.1, 0.15) is 23.2 Å². The predicted octanol–water partition coefficient (Wildman–Crippen LogP) is 1.93. The van der Waals surface area contributed by atoms with E-state index in [1.807, 2.05) is 0 Å². The molecule has 1 aliphatic carbocycles. The van der Waals surface area contributed by atoms with Gasteiger partial charge in [-0.05, 0) is 62.1 Å². The summed E-state index contributed by atoms with van der Waals surface area (Å²) in [5.74, 6) is 0. The molecule has 3 aromatic rings. The molecule has 25 heavy (non-hydrogen) atoms. The minimum Gasteiger partial charge on any atom is -1.00 e. The summed E-state index contributed by atoms with van der Waals surface area (Å²) in [7, 11) is -1.60. The quantitative estimate of drug-likeness (QED) is 0.414. The lowest BCUT2D eigenvalue weighted by atomic mass is 10.3. The van der Waals surface area contributed by atoms with Crippen molar-refractivity contribution in [3.8, 4) is 0 Å². The predicted molar refractivity (Wildman–Crippen MR) is 107 cm³/mol. The van der Waals surface area contributed by atoms with Crippen molar-refractivity contribution in [3.63, 3.8) is 0 Å². The normalized spacial score (nSPS) is 14.9. The van der Waals surface area contributed by atoms with Gasteiger partial charge in [-0.1, -0.05) is 54.6 Å². The highest BCUT2D eigenvalue weighted by Gasteiger charge is 2.52. The van der Waals surface area contributed by atoms with Gasteiger partial charge in [0, 0.05) is 0 Å². The molecule has 1 saturated carbocycles. The third-order valence-corrected chi connectivity index (χ3v) is 10.3. The molecule has 0 aromatic heterocycles. The Morgan fingerprint density at radius 3 is 1.16 bits per heavy atom.